The number of carbonyl (C=O) groups is 1. The summed E-state index contributed by atoms with van der Waals surface area (Å²) in [5.74, 6) is 0.586. The molecule has 0 bridgehead atoms. The molecule has 0 saturated carbocycles. The van der Waals surface area contributed by atoms with E-state index in [9.17, 15) is 4.79 Å². The molecule has 3 rings (SSSR count). The zero-order chi connectivity index (χ0) is 16.9. The molecule has 24 heavy (non-hydrogen) atoms. The molecule has 0 aliphatic rings. The van der Waals surface area contributed by atoms with Crippen molar-refractivity contribution in [3.05, 3.63) is 83.6 Å². The van der Waals surface area contributed by atoms with Gasteiger partial charge < -0.3 is 10.6 Å². The van der Waals surface area contributed by atoms with Crippen molar-refractivity contribution in [3.63, 3.8) is 0 Å². The van der Waals surface area contributed by atoms with Gasteiger partial charge >= 0.3 is 0 Å². The molecule has 0 spiro atoms. The Hall–Kier alpha value is -3.14. The molecule has 2 N–H and O–H groups in total. The van der Waals surface area contributed by atoms with Crippen LogP contribution >= 0.6 is 0 Å². The summed E-state index contributed by atoms with van der Waals surface area (Å²) in [7, 11) is 0. The predicted molar refractivity (Wildman–Crippen MR) is 97.8 cm³/mol. The standard InChI is InChI=1S/C20H19N3O/c1-14-3-7-16(8-4-14)20(24)23-18-11-12-19(21-13-18)22-17-9-5-15(2)6-10-17/h3-13H,1-2H3,(H,21,22)(H,23,24). The smallest absolute Gasteiger partial charge is 0.255 e. The van der Waals surface area contributed by atoms with Gasteiger partial charge in [0.1, 0.15) is 5.82 Å². The molecule has 4 nitrogen and oxygen atoms in total. The molecule has 0 aliphatic heterocycles. The van der Waals surface area contributed by atoms with Gasteiger partial charge in [0.25, 0.3) is 5.91 Å². The highest BCUT2D eigenvalue weighted by Crippen LogP contribution is 2.17. The molecule has 0 radical (unpaired) electrons. The lowest BCUT2D eigenvalue weighted by Gasteiger charge is -2.08. The predicted octanol–water partition coefficient (Wildman–Crippen LogP) is 4.69. The van der Waals surface area contributed by atoms with Gasteiger partial charge in [-0.05, 0) is 50.2 Å². The van der Waals surface area contributed by atoms with E-state index in [1.54, 1.807) is 6.20 Å². The number of aromatic nitrogens is 1. The lowest BCUT2D eigenvalue weighted by molar-refractivity contribution is 0.102. The number of aryl methyl sites for hydroxylation is 2. The summed E-state index contributed by atoms with van der Waals surface area (Å²) >= 11 is 0. The summed E-state index contributed by atoms with van der Waals surface area (Å²) in [6, 6.07) is 19.2. The van der Waals surface area contributed by atoms with Gasteiger partial charge in [0.15, 0.2) is 0 Å². The average Bonchev–Trinajstić information content (AvgIpc) is 2.59. The van der Waals surface area contributed by atoms with Gasteiger partial charge in [0.2, 0.25) is 0 Å². The SMILES string of the molecule is Cc1ccc(Nc2ccc(NC(=O)c3ccc(C)cc3)cn2)cc1. The van der Waals surface area contributed by atoms with Crippen LogP contribution in [-0.4, -0.2) is 10.9 Å². The van der Waals surface area contributed by atoms with Crippen LogP contribution in [-0.2, 0) is 0 Å². The van der Waals surface area contributed by atoms with Gasteiger partial charge in [-0.3, -0.25) is 4.79 Å². The van der Waals surface area contributed by atoms with Crippen LogP contribution in [0, 0.1) is 13.8 Å². The second-order valence-electron chi connectivity index (χ2n) is 5.74. The van der Waals surface area contributed by atoms with Gasteiger partial charge in [-0.25, -0.2) is 4.98 Å². The van der Waals surface area contributed by atoms with E-state index < -0.39 is 0 Å². The fraction of sp³-hybridized carbons (Fsp3) is 0.100. The van der Waals surface area contributed by atoms with E-state index in [1.807, 2.05) is 74.5 Å². The maximum Gasteiger partial charge on any atom is 0.255 e. The Bertz CT molecular complexity index is 822. The fourth-order valence-electron chi connectivity index (χ4n) is 2.23. The number of amides is 1. The number of hydrogen-bond donors (Lipinski definition) is 2. The van der Waals surface area contributed by atoms with Crippen molar-refractivity contribution in [2.24, 2.45) is 0 Å². The largest absolute Gasteiger partial charge is 0.340 e. The van der Waals surface area contributed by atoms with Gasteiger partial charge in [0, 0.05) is 11.3 Å². The number of benzene rings is 2. The van der Waals surface area contributed by atoms with Crippen LogP contribution in [0.3, 0.4) is 0 Å². The molecule has 3 aromatic rings. The van der Waals surface area contributed by atoms with Crippen LogP contribution < -0.4 is 10.6 Å². The molecule has 0 saturated heterocycles. The Morgan fingerprint density at radius 1 is 0.792 bits per heavy atom. The summed E-state index contributed by atoms with van der Waals surface area (Å²) in [4.78, 5) is 16.5. The first kappa shape index (κ1) is 15.7. The number of rotatable bonds is 4. The first-order valence-electron chi connectivity index (χ1n) is 7.78. The van der Waals surface area contributed by atoms with E-state index in [2.05, 4.69) is 15.6 Å². The number of carbonyl (C=O) groups excluding carboxylic acids is 1. The molecule has 1 amide bonds. The van der Waals surface area contributed by atoms with Gasteiger partial charge in [-0.1, -0.05) is 35.4 Å². The van der Waals surface area contributed by atoms with Gasteiger partial charge in [-0.15, -0.1) is 0 Å². The van der Waals surface area contributed by atoms with Gasteiger partial charge in [0.05, 0.1) is 11.9 Å². The fourth-order valence-corrected chi connectivity index (χ4v) is 2.23. The number of hydrogen-bond acceptors (Lipinski definition) is 3. The third-order valence-corrected chi connectivity index (χ3v) is 3.66. The highest BCUT2D eigenvalue weighted by molar-refractivity contribution is 6.04. The topological polar surface area (TPSA) is 54.0 Å². The molecule has 0 atom stereocenters. The summed E-state index contributed by atoms with van der Waals surface area (Å²) in [6.07, 6.45) is 1.64. The first-order valence-corrected chi connectivity index (χ1v) is 7.78. The second kappa shape index (κ2) is 6.96. The maximum atomic E-state index is 12.2. The third-order valence-electron chi connectivity index (χ3n) is 3.66. The quantitative estimate of drug-likeness (QED) is 0.733. The minimum absolute atomic E-state index is 0.143. The van der Waals surface area contributed by atoms with Crippen LogP contribution in [0.1, 0.15) is 21.5 Å². The van der Waals surface area contributed by atoms with E-state index in [-0.39, 0.29) is 5.91 Å². The number of pyridine rings is 1. The molecular formula is C20H19N3O. The third kappa shape index (κ3) is 3.98. The minimum atomic E-state index is -0.143. The Morgan fingerprint density at radius 3 is 1.96 bits per heavy atom. The van der Waals surface area contributed by atoms with Crippen LogP contribution in [0.4, 0.5) is 17.2 Å². The lowest BCUT2D eigenvalue weighted by atomic mass is 10.1. The van der Waals surface area contributed by atoms with Crippen molar-refractivity contribution in [1.82, 2.24) is 4.98 Å². The monoisotopic (exact) mass is 317 g/mol. The molecular weight excluding hydrogens is 298 g/mol. The number of nitrogens with one attached hydrogen (secondary N) is 2. The summed E-state index contributed by atoms with van der Waals surface area (Å²) in [6.45, 7) is 4.04. The molecule has 4 heteroatoms. The van der Waals surface area contributed by atoms with E-state index in [4.69, 9.17) is 0 Å². The Labute approximate surface area is 141 Å². The molecule has 120 valence electrons. The van der Waals surface area contributed by atoms with Gasteiger partial charge in [-0.2, -0.15) is 0 Å². The van der Waals surface area contributed by atoms with Crippen LogP contribution in [0.5, 0.6) is 0 Å². The van der Waals surface area contributed by atoms with Crippen molar-refractivity contribution < 1.29 is 4.79 Å². The molecule has 1 aromatic heterocycles. The van der Waals surface area contributed by atoms with E-state index >= 15 is 0 Å². The normalized spacial score (nSPS) is 10.2. The molecule has 0 fully saturated rings. The Morgan fingerprint density at radius 2 is 1.38 bits per heavy atom. The summed E-state index contributed by atoms with van der Waals surface area (Å²) in [5.41, 5.74) is 4.60. The van der Waals surface area contributed by atoms with Crippen LogP contribution in [0.2, 0.25) is 0 Å². The number of nitrogens with zero attached hydrogens (tertiary/aromatic N) is 1. The zero-order valence-electron chi connectivity index (χ0n) is 13.7. The van der Waals surface area contributed by atoms with Crippen molar-refractivity contribution in [2.45, 2.75) is 13.8 Å². The van der Waals surface area contributed by atoms with Crippen molar-refractivity contribution in [3.8, 4) is 0 Å². The Kier molecular flexibility index (Phi) is 4.57. The highest BCUT2D eigenvalue weighted by Gasteiger charge is 2.06. The van der Waals surface area contributed by atoms with Crippen LogP contribution in [0.15, 0.2) is 66.9 Å². The van der Waals surface area contributed by atoms with E-state index in [0.29, 0.717) is 11.3 Å². The Balaban J connectivity index is 1.64. The maximum absolute atomic E-state index is 12.2. The van der Waals surface area contributed by atoms with Crippen molar-refractivity contribution in [1.29, 1.82) is 0 Å². The molecule has 2 aromatic carbocycles. The van der Waals surface area contributed by atoms with Crippen molar-refractivity contribution >= 4 is 23.1 Å². The summed E-state index contributed by atoms with van der Waals surface area (Å²) < 4.78 is 0. The lowest BCUT2D eigenvalue weighted by Crippen LogP contribution is -2.12. The minimum Gasteiger partial charge on any atom is -0.340 e. The first-order chi connectivity index (χ1) is 11.6. The summed E-state index contributed by atoms with van der Waals surface area (Å²) in [5, 5.41) is 6.07. The molecule has 1 heterocycles. The zero-order valence-corrected chi connectivity index (χ0v) is 13.7. The second-order valence-corrected chi connectivity index (χ2v) is 5.74. The van der Waals surface area contributed by atoms with E-state index in [0.717, 1.165) is 17.1 Å². The average molecular weight is 317 g/mol. The van der Waals surface area contributed by atoms with Crippen molar-refractivity contribution in [2.75, 3.05) is 10.6 Å². The van der Waals surface area contributed by atoms with Crippen LogP contribution in [0.25, 0.3) is 0 Å². The molecule has 0 aliphatic carbocycles. The number of anilines is 3. The van der Waals surface area contributed by atoms with E-state index in [1.165, 1.54) is 5.56 Å². The molecule has 0 unspecified atom stereocenters. The highest BCUT2D eigenvalue weighted by atomic mass is 16.1.